The molecule has 0 aromatic carbocycles. The van der Waals surface area contributed by atoms with Gasteiger partial charge < -0.3 is 19.8 Å². The number of ether oxygens (including phenoxy) is 1. The lowest BCUT2D eigenvalue weighted by Crippen LogP contribution is -2.28. The van der Waals surface area contributed by atoms with Crippen LogP contribution in [0.15, 0.2) is 0 Å². The fourth-order valence-corrected chi connectivity index (χ4v) is 1.14. The molecule has 11 heavy (non-hydrogen) atoms. The van der Waals surface area contributed by atoms with E-state index in [1.807, 2.05) is 0 Å². The van der Waals surface area contributed by atoms with Gasteiger partial charge >= 0.3 is 6.09 Å². The molecule has 5 nitrogen and oxygen atoms in total. The van der Waals surface area contributed by atoms with Crippen LogP contribution in [0, 0.1) is 0 Å². The Morgan fingerprint density at radius 3 is 2.55 bits per heavy atom. The van der Waals surface area contributed by atoms with E-state index in [2.05, 4.69) is 0 Å². The summed E-state index contributed by atoms with van der Waals surface area (Å²) < 4.78 is 4.85. The van der Waals surface area contributed by atoms with Crippen molar-refractivity contribution >= 4 is 6.09 Å². The summed E-state index contributed by atoms with van der Waals surface area (Å²) in [6.07, 6.45) is -2.06. The maximum Gasteiger partial charge on any atom is 0.407 e. The van der Waals surface area contributed by atoms with Crippen molar-refractivity contribution in [2.75, 3.05) is 20.2 Å². The molecule has 1 rings (SSSR count). The molecule has 5 heteroatoms. The molecule has 1 aliphatic rings. The first kappa shape index (κ1) is 8.29. The van der Waals surface area contributed by atoms with Crippen molar-refractivity contribution in [3.63, 3.8) is 0 Å². The summed E-state index contributed by atoms with van der Waals surface area (Å²) in [5.74, 6) is 0. The van der Waals surface area contributed by atoms with Crippen LogP contribution >= 0.6 is 0 Å². The highest BCUT2D eigenvalue weighted by Crippen LogP contribution is 2.12. The second kappa shape index (κ2) is 3.06. The number of carboxylic acid groups (broad SMARTS) is 1. The SMILES string of the molecule is CO[C@@H]1CN(C(=O)O)C[C@H]1O. The lowest BCUT2D eigenvalue weighted by molar-refractivity contribution is 0.0215. The van der Waals surface area contributed by atoms with Crippen LogP contribution < -0.4 is 0 Å². The van der Waals surface area contributed by atoms with E-state index in [9.17, 15) is 9.90 Å². The second-order valence-corrected chi connectivity index (χ2v) is 2.53. The monoisotopic (exact) mass is 161 g/mol. The second-order valence-electron chi connectivity index (χ2n) is 2.53. The maximum atomic E-state index is 10.4. The van der Waals surface area contributed by atoms with Gasteiger partial charge in [0.15, 0.2) is 0 Å². The summed E-state index contributed by atoms with van der Waals surface area (Å²) in [5, 5.41) is 17.7. The van der Waals surface area contributed by atoms with Crippen molar-refractivity contribution in [2.45, 2.75) is 12.2 Å². The average Bonchev–Trinajstić information content (AvgIpc) is 2.31. The van der Waals surface area contributed by atoms with E-state index >= 15 is 0 Å². The molecule has 0 unspecified atom stereocenters. The van der Waals surface area contributed by atoms with Gasteiger partial charge in [-0.3, -0.25) is 0 Å². The molecule has 2 N–H and O–H groups in total. The fraction of sp³-hybridized carbons (Fsp3) is 0.833. The maximum absolute atomic E-state index is 10.4. The number of aliphatic hydroxyl groups excluding tert-OH is 1. The molecule has 1 aliphatic heterocycles. The summed E-state index contributed by atoms with van der Waals surface area (Å²) in [4.78, 5) is 11.5. The predicted molar refractivity (Wildman–Crippen MR) is 36.4 cm³/mol. The van der Waals surface area contributed by atoms with E-state index in [1.54, 1.807) is 0 Å². The van der Waals surface area contributed by atoms with Gasteiger partial charge in [-0.1, -0.05) is 0 Å². The highest BCUT2D eigenvalue weighted by molar-refractivity contribution is 5.65. The average molecular weight is 161 g/mol. The van der Waals surface area contributed by atoms with E-state index < -0.39 is 12.2 Å². The van der Waals surface area contributed by atoms with Gasteiger partial charge in [-0.05, 0) is 0 Å². The zero-order valence-electron chi connectivity index (χ0n) is 6.23. The van der Waals surface area contributed by atoms with Gasteiger partial charge in [0, 0.05) is 7.11 Å². The Labute approximate surface area is 64.2 Å². The Morgan fingerprint density at radius 2 is 2.27 bits per heavy atom. The number of aliphatic hydroxyl groups is 1. The van der Waals surface area contributed by atoms with Crippen LogP contribution in [-0.2, 0) is 4.74 Å². The largest absolute Gasteiger partial charge is 0.465 e. The number of hydrogen-bond acceptors (Lipinski definition) is 3. The van der Waals surface area contributed by atoms with Gasteiger partial charge in [0.05, 0.1) is 19.2 Å². The Hall–Kier alpha value is -0.810. The van der Waals surface area contributed by atoms with E-state index in [-0.39, 0.29) is 19.2 Å². The summed E-state index contributed by atoms with van der Waals surface area (Å²) in [7, 11) is 1.46. The minimum atomic E-state index is -1.01. The molecule has 1 amide bonds. The van der Waals surface area contributed by atoms with Crippen molar-refractivity contribution in [2.24, 2.45) is 0 Å². The molecule has 1 fully saturated rings. The highest BCUT2D eigenvalue weighted by Gasteiger charge is 2.33. The number of carbonyl (C=O) groups is 1. The Morgan fingerprint density at radius 1 is 1.64 bits per heavy atom. The first-order chi connectivity index (χ1) is 5.15. The standard InChI is InChI=1S/C6H11NO4/c1-11-5-3-7(6(9)10)2-4(5)8/h4-5,8H,2-3H2,1H3,(H,9,10)/t4-,5-/m1/s1. The molecule has 64 valence electrons. The smallest absolute Gasteiger partial charge is 0.407 e. The number of amides is 1. The third-order valence-electron chi connectivity index (χ3n) is 1.81. The molecular weight excluding hydrogens is 150 g/mol. The summed E-state index contributed by atoms with van der Waals surface area (Å²) >= 11 is 0. The topological polar surface area (TPSA) is 70.0 Å². The molecule has 0 aromatic heterocycles. The fourth-order valence-electron chi connectivity index (χ4n) is 1.14. The zero-order valence-corrected chi connectivity index (χ0v) is 6.23. The van der Waals surface area contributed by atoms with Crippen LogP contribution in [0.2, 0.25) is 0 Å². The van der Waals surface area contributed by atoms with Crippen molar-refractivity contribution in [3.05, 3.63) is 0 Å². The number of β-amino-alcohol motifs (C(OH)–C–C–N with tert-alkyl or cyclic N) is 1. The van der Waals surface area contributed by atoms with Crippen LogP contribution in [-0.4, -0.2) is 53.6 Å². The van der Waals surface area contributed by atoms with Crippen molar-refractivity contribution < 1.29 is 19.7 Å². The molecular formula is C6H11NO4. The number of rotatable bonds is 1. The number of methoxy groups -OCH3 is 1. The molecule has 1 heterocycles. The van der Waals surface area contributed by atoms with Gasteiger partial charge in [0.1, 0.15) is 6.10 Å². The molecule has 0 radical (unpaired) electrons. The number of hydrogen-bond donors (Lipinski definition) is 2. The minimum absolute atomic E-state index is 0.147. The lowest BCUT2D eigenvalue weighted by atomic mass is 10.3. The van der Waals surface area contributed by atoms with Crippen LogP contribution in [0.4, 0.5) is 4.79 Å². The van der Waals surface area contributed by atoms with Crippen molar-refractivity contribution in [3.8, 4) is 0 Å². The quantitative estimate of drug-likeness (QED) is 0.536. The molecule has 0 aromatic rings. The van der Waals surface area contributed by atoms with E-state index in [0.717, 1.165) is 4.90 Å². The van der Waals surface area contributed by atoms with Crippen molar-refractivity contribution in [1.82, 2.24) is 4.90 Å². The molecule has 1 saturated heterocycles. The minimum Gasteiger partial charge on any atom is -0.465 e. The van der Waals surface area contributed by atoms with Gasteiger partial charge in [-0.2, -0.15) is 0 Å². The third kappa shape index (κ3) is 1.61. The van der Waals surface area contributed by atoms with Crippen molar-refractivity contribution in [1.29, 1.82) is 0 Å². The predicted octanol–water partition coefficient (Wildman–Crippen LogP) is -0.644. The lowest BCUT2D eigenvalue weighted by Gasteiger charge is -2.10. The Balaban J connectivity index is 2.49. The molecule has 0 spiro atoms. The highest BCUT2D eigenvalue weighted by atomic mass is 16.5. The van der Waals surface area contributed by atoms with Crippen LogP contribution in [0.5, 0.6) is 0 Å². The van der Waals surface area contributed by atoms with E-state index in [4.69, 9.17) is 9.84 Å². The Bertz CT molecular complexity index is 161. The summed E-state index contributed by atoms with van der Waals surface area (Å²) in [6.45, 7) is 0.404. The van der Waals surface area contributed by atoms with E-state index in [0.29, 0.717) is 0 Å². The van der Waals surface area contributed by atoms with E-state index in [1.165, 1.54) is 7.11 Å². The number of likely N-dealkylation sites (tertiary alicyclic amines) is 1. The normalized spacial score (nSPS) is 30.9. The van der Waals surface area contributed by atoms with Gasteiger partial charge in [-0.25, -0.2) is 4.79 Å². The van der Waals surface area contributed by atoms with Crippen LogP contribution in [0.3, 0.4) is 0 Å². The summed E-state index contributed by atoms with van der Waals surface area (Å²) in [5.41, 5.74) is 0. The third-order valence-corrected chi connectivity index (χ3v) is 1.81. The van der Waals surface area contributed by atoms with Gasteiger partial charge in [0.2, 0.25) is 0 Å². The first-order valence-electron chi connectivity index (χ1n) is 3.34. The molecule has 0 saturated carbocycles. The molecule has 0 bridgehead atoms. The molecule has 2 atom stereocenters. The first-order valence-corrected chi connectivity index (χ1v) is 3.34. The number of nitrogens with zero attached hydrogens (tertiary/aromatic N) is 1. The zero-order chi connectivity index (χ0) is 8.43. The van der Waals surface area contributed by atoms with Gasteiger partial charge in [0.25, 0.3) is 0 Å². The Kier molecular flexibility index (Phi) is 2.31. The van der Waals surface area contributed by atoms with Crippen LogP contribution in [0.25, 0.3) is 0 Å². The molecule has 0 aliphatic carbocycles. The van der Waals surface area contributed by atoms with Crippen LogP contribution in [0.1, 0.15) is 0 Å². The summed E-state index contributed by atoms with van der Waals surface area (Å²) in [6, 6.07) is 0. The van der Waals surface area contributed by atoms with Gasteiger partial charge in [-0.15, -0.1) is 0 Å².